The van der Waals surface area contributed by atoms with Gasteiger partial charge in [-0.15, -0.1) is 17.0 Å². The lowest BCUT2D eigenvalue weighted by molar-refractivity contribution is -0.692. The Bertz CT molecular complexity index is 937. The molecule has 1 aliphatic heterocycles. The van der Waals surface area contributed by atoms with E-state index in [0.717, 1.165) is 35.1 Å². The molecule has 0 bridgehead atoms. The number of esters is 1. The third kappa shape index (κ3) is 4.73. The van der Waals surface area contributed by atoms with Gasteiger partial charge in [0.1, 0.15) is 11.9 Å². The Morgan fingerprint density at radius 2 is 1.79 bits per heavy atom. The molecule has 1 aromatic heterocycles. The summed E-state index contributed by atoms with van der Waals surface area (Å²) < 4.78 is 11.0. The van der Waals surface area contributed by atoms with Gasteiger partial charge in [0.25, 0.3) is 5.82 Å². The summed E-state index contributed by atoms with van der Waals surface area (Å²) in [5, 5.41) is 0. The molecule has 28 heavy (non-hydrogen) atoms. The lowest BCUT2D eigenvalue weighted by Crippen LogP contribution is -2.42. The van der Waals surface area contributed by atoms with Crippen LogP contribution in [0.5, 0.6) is 5.75 Å². The summed E-state index contributed by atoms with van der Waals surface area (Å²) in [7, 11) is 0. The van der Waals surface area contributed by atoms with Crippen LogP contribution in [-0.2, 0) is 24.3 Å². The Hall–Kier alpha value is -1.92. The number of nitrogens with zero attached hydrogens (tertiary/aromatic N) is 2. The third-order valence-electron chi connectivity index (χ3n) is 4.91. The van der Waals surface area contributed by atoms with Crippen molar-refractivity contribution in [3.63, 3.8) is 0 Å². The average molecular weight is 507 g/mol. The molecule has 0 aliphatic carbocycles. The van der Waals surface area contributed by atoms with E-state index >= 15 is 0 Å². The van der Waals surface area contributed by atoms with Crippen LogP contribution in [-0.4, -0.2) is 10.5 Å². The number of hydrogen-bond acceptors (Lipinski definition) is 2. The molecule has 0 fully saturated rings. The molecule has 0 spiro atoms. The molecule has 0 N–H and O–H groups in total. The molecule has 0 unspecified atom stereocenters. The minimum atomic E-state index is -0.244. The maximum Gasteiger partial charge on any atom is 0.353 e. The van der Waals surface area contributed by atoms with Gasteiger partial charge in [-0.2, -0.15) is 0 Å². The van der Waals surface area contributed by atoms with Crippen LogP contribution in [0.1, 0.15) is 25.1 Å². The number of fused-ring (bicyclic) bond motifs is 1. The van der Waals surface area contributed by atoms with Gasteiger partial charge in [-0.25, -0.2) is 13.9 Å². The Morgan fingerprint density at radius 1 is 1.04 bits per heavy atom. The van der Waals surface area contributed by atoms with E-state index in [-0.39, 0.29) is 29.5 Å². The number of para-hydroxylation sites is 1. The van der Waals surface area contributed by atoms with Crippen LogP contribution in [0.25, 0.3) is 11.3 Å². The minimum absolute atomic E-state index is 0. The van der Waals surface area contributed by atoms with Crippen molar-refractivity contribution in [3.05, 3.63) is 71.1 Å². The van der Waals surface area contributed by atoms with Crippen LogP contribution >= 0.6 is 32.9 Å². The molecule has 0 radical (unpaired) electrons. The molecule has 0 saturated carbocycles. The van der Waals surface area contributed by atoms with Crippen LogP contribution in [0.2, 0.25) is 0 Å². The molecule has 0 saturated heterocycles. The summed E-state index contributed by atoms with van der Waals surface area (Å²) in [5.74, 6) is 1.54. The minimum Gasteiger partial charge on any atom is -0.424 e. The highest BCUT2D eigenvalue weighted by molar-refractivity contribution is 9.10. The third-order valence-corrected chi connectivity index (χ3v) is 5.44. The van der Waals surface area contributed by atoms with Crippen LogP contribution in [0, 0.1) is 0 Å². The SMILES string of the molecule is Br.O=C(C[n+]1cc(-c2ccc(Br)cc2)n2c1CCCCC2)Oc1ccccc1. The predicted molar refractivity (Wildman–Crippen MR) is 118 cm³/mol. The van der Waals surface area contributed by atoms with Gasteiger partial charge in [-0.1, -0.05) is 34.1 Å². The number of carbonyl (C=O) groups is 1. The van der Waals surface area contributed by atoms with E-state index in [1.165, 1.54) is 18.7 Å². The van der Waals surface area contributed by atoms with Gasteiger partial charge in [0.15, 0.2) is 12.2 Å². The van der Waals surface area contributed by atoms with Crippen molar-refractivity contribution in [1.82, 2.24) is 4.57 Å². The van der Waals surface area contributed by atoms with Gasteiger partial charge in [-0.05, 0) is 55.7 Å². The van der Waals surface area contributed by atoms with Gasteiger partial charge < -0.3 is 4.74 Å². The summed E-state index contributed by atoms with van der Waals surface area (Å²) in [6, 6.07) is 17.6. The monoisotopic (exact) mass is 505 g/mol. The summed E-state index contributed by atoms with van der Waals surface area (Å²) in [6.45, 7) is 1.21. The van der Waals surface area contributed by atoms with Gasteiger partial charge in [0, 0.05) is 16.5 Å². The molecular formula is C22H23Br2N2O2+. The van der Waals surface area contributed by atoms with E-state index in [4.69, 9.17) is 4.74 Å². The molecule has 0 atom stereocenters. The van der Waals surface area contributed by atoms with Crippen molar-refractivity contribution < 1.29 is 14.1 Å². The predicted octanol–water partition coefficient (Wildman–Crippen LogP) is 5.12. The van der Waals surface area contributed by atoms with Crippen LogP contribution in [0.4, 0.5) is 0 Å². The van der Waals surface area contributed by atoms with Crippen LogP contribution in [0.15, 0.2) is 65.3 Å². The van der Waals surface area contributed by atoms with Crippen molar-refractivity contribution >= 4 is 38.9 Å². The molecule has 3 aromatic rings. The zero-order chi connectivity index (χ0) is 18.6. The number of hydrogen-bond donors (Lipinski definition) is 0. The fourth-order valence-electron chi connectivity index (χ4n) is 3.62. The number of aromatic nitrogens is 2. The fraction of sp³-hybridized carbons (Fsp3) is 0.273. The first-order valence-electron chi connectivity index (χ1n) is 9.34. The molecule has 2 heterocycles. The largest absolute Gasteiger partial charge is 0.424 e. The van der Waals surface area contributed by atoms with Gasteiger partial charge >= 0.3 is 5.97 Å². The highest BCUT2D eigenvalue weighted by Crippen LogP contribution is 2.25. The van der Waals surface area contributed by atoms with Gasteiger partial charge in [-0.3, -0.25) is 0 Å². The van der Waals surface area contributed by atoms with Crippen LogP contribution < -0.4 is 9.30 Å². The second-order valence-corrected chi connectivity index (χ2v) is 7.73. The molecule has 0 amide bonds. The zero-order valence-corrected chi connectivity index (χ0v) is 18.8. The van der Waals surface area contributed by atoms with E-state index in [1.54, 1.807) is 12.1 Å². The summed E-state index contributed by atoms with van der Waals surface area (Å²) >= 11 is 3.50. The first-order valence-corrected chi connectivity index (χ1v) is 10.1. The first kappa shape index (κ1) is 20.8. The molecule has 6 heteroatoms. The Kier molecular flexibility index (Phi) is 7.08. The average Bonchev–Trinajstić information content (AvgIpc) is 2.85. The Labute approximate surface area is 184 Å². The number of benzene rings is 2. The second-order valence-electron chi connectivity index (χ2n) is 6.81. The maximum absolute atomic E-state index is 12.5. The number of halogens is 2. The normalized spacial score (nSPS) is 13.2. The Morgan fingerprint density at radius 3 is 2.54 bits per heavy atom. The standard InChI is InChI=1S/C22H22BrN2O2.BrH/c23-18-12-10-17(11-13-18)20-15-24(21-9-5-2-6-14-25(20)21)16-22(26)27-19-7-3-1-4-8-19;/h1,3-4,7-8,10-13,15H,2,5-6,9,14,16H2;1H/q+1;. The van der Waals surface area contributed by atoms with Gasteiger partial charge in [0.05, 0.1) is 6.54 Å². The van der Waals surface area contributed by atoms with Crippen molar-refractivity contribution in [2.75, 3.05) is 0 Å². The zero-order valence-electron chi connectivity index (χ0n) is 15.5. The van der Waals surface area contributed by atoms with Gasteiger partial charge in [0.2, 0.25) is 0 Å². The fourth-order valence-corrected chi connectivity index (χ4v) is 3.89. The van der Waals surface area contributed by atoms with Crippen LogP contribution in [0.3, 0.4) is 0 Å². The van der Waals surface area contributed by atoms with E-state index < -0.39 is 0 Å². The molecule has 4 nitrogen and oxygen atoms in total. The molecule has 2 aromatic carbocycles. The smallest absolute Gasteiger partial charge is 0.353 e. The molecule has 4 rings (SSSR count). The summed E-state index contributed by atoms with van der Waals surface area (Å²) in [6.07, 6.45) is 6.61. The molecule has 1 aliphatic rings. The van der Waals surface area contributed by atoms with Crippen molar-refractivity contribution in [3.8, 4) is 17.0 Å². The van der Waals surface area contributed by atoms with E-state index in [9.17, 15) is 4.79 Å². The van der Waals surface area contributed by atoms with E-state index in [0.29, 0.717) is 5.75 Å². The lowest BCUT2D eigenvalue weighted by Gasteiger charge is -2.04. The van der Waals surface area contributed by atoms with Crippen molar-refractivity contribution in [2.24, 2.45) is 0 Å². The number of rotatable bonds is 4. The lowest BCUT2D eigenvalue weighted by atomic mass is 10.1. The highest BCUT2D eigenvalue weighted by atomic mass is 79.9. The van der Waals surface area contributed by atoms with E-state index in [2.05, 4.69) is 55.5 Å². The number of carbonyl (C=O) groups excluding carboxylic acids is 1. The number of ether oxygens (including phenoxy) is 1. The first-order chi connectivity index (χ1) is 13.2. The Balaban J connectivity index is 0.00000225. The van der Waals surface area contributed by atoms with E-state index in [1.807, 2.05) is 18.2 Å². The molecular weight excluding hydrogens is 484 g/mol. The van der Waals surface area contributed by atoms with Crippen molar-refractivity contribution in [2.45, 2.75) is 38.8 Å². The quantitative estimate of drug-likeness (QED) is 0.280. The van der Waals surface area contributed by atoms with Crippen molar-refractivity contribution in [1.29, 1.82) is 0 Å². The number of imidazole rings is 1. The maximum atomic E-state index is 12.5. The molecule has 146 valence electrons. The second kappa shape index (κ2) is 9.52. The summed E-state index contributed by atoms with van der Waals surface area (Å²) in [4.78, 5) is 12.5. The topological polar surface area (TPSA) is 35.1 Å². The summed E-state index contributed by atoms with van der Waals surface area (Å²) in [5.41, 5.74) is 2.32. The highest BCUT2D eigenvalue weighted by Gasteiger charge is 2.27.